The molecule has 144 valence electrons. The molecule has 0 saturated heterocycles. The molecule has 0 saturated carbocycles. The zero-order valence-corrected chi connectivity index (χ0v) is 15.7. The van der Waals surface area contributed by atoms with Crippen molar-refractivity contribution in [1.29, 1.82) is 0 Å². The van der Waals surface area contributed by atoms with E-state index in [0.29, 0.717) is 22.6 Å². The van der Waals surface area contributed by atoms with Gasteiger partial charge in [-0.2, -0.15) is 0 Å². The molecule has 2 aromatic carbocycles. The number of carbonyl (C=O) groups is 2. The molecule has 0 aromatic heterocycles. The van der Waals surface area contributed by atoms with Crippen LogP contribution in [0, 0.1) is 5.41 Å². The molecule has 1 N–H and O–H groups in total. The van der Waals surface area contributed by atoms with Crippen LogP contribution in [-0.4, -0.2) is 37.9 Å². The fourth-order valence-electron chi connectivity index (χ4n) is 2.98. The summed E-state index contributed by atoms with van der Waals surface area (Å²) >= 11 is 0. The highest BCUT2D eigenvalue weighted by atomic mass is 16.5. The van der Waals surface area contributed by atoms with E-state index < -0.39 is 17.4 Å². The van der Waals surface area contributed by atoms with E-state index in [1.54, 1.807) is 55.5 Å². The number of carbonyl (C=O) groups excluding carboxylic acids is 1. The number of methoxy groups -OCH3 is 2. The number of hydrogen-bond acceptors (Lipinski definition) is 5. The van der Waals surface area contributed by atoms with Gasteiger partial charge in [-0.15, -0.1) is 0 Å². The summed E-state index contributed by atoms with van der Waals surface area (Å²) in [5, 5.41) is 10.0. The van der Waals surface area contributed by atoms with Crippen LogP contribution in [0.4, 0.5) is 0 Å². The quantitative estimate of drug-likeness (QED) is 0.538. The Morgan fingerprint density at radius 3 is 1.78 bits per heavy atom. The molecular formula is C21H24O6. The molecule has 6 heteroatoms. The minimum absolute atomic E-state index is 0.0183. The summed E-state index contributed by atoms with van der Waals surface area (Å²) in [6, 6.07) is 14.0. The highest BCUT2D eigenvalue weighted by Crippen LogP contribution is 2.32. The van der Waals surface area contributed by atoms with Gasteiger partial charge in [-0.25, -0.2) is 0 Å². The molecule has 0 heterocycles. The second-order valence-electron chi connectivity index (χ2n) is 6.16. The first kappa shape index (κ1) is 20.3. The minimum Gasteiger partial charge on any atom is -0.497 e. The first-order chi connectivity index (χ1) is 12.9. The summed E-state index contributed by atoms with van der Waals surface area (Å²) in [5.41, 5.74) is -0.408. The maximum Gasteiger partial charge on any atom is 0.324 e. The molecule has 0 aliphatic rings. The fraction of sp³-hybridized carbons (Fsp3) is 0.333. The first-order valence-corrected chi connectivity index (χ1v) is 8.61. The number of esters is 1. The summed E-state index contributed by atoms with van der Waals surface area (Å²) in [7, 11) is 3.07. The third-order valence-corrected chi connectivity index (χ3v) is 4.36. The van der Waals surface area contributed by atoms with Gasteiger partial charge in [0.25, 0.3) is 0 Å². The van der Waals surface area contributed by atoms with Crippen molar-refractivity contribution < 1.29 is 28.9 Å². The lowest BCUT2D eigenvalue weighted by Crippen LogP contribution is -2.44. The molecule has 0 aliphatic heterocycles. The van der Waals surface area contributed by atoms with Crippen LogP contribution in [0.15, 0.2) is 48.5 Å². The van der Waals surface area contributed by atoms with Crippen molar-refractivity contribution in [1.82, 2.24) is 0 Å². The smallest absolute Gasteiger partial charge is 0.324 e. The van der Waals surface area contributed by atoms with Gasteiger partial charge in [0.05, 0.1) is 20.8 Å². The van der Waals surface area contributed by atoms with Crippen molar-refractivity contribution in [3.8, 4) is 11.5 Å². The van der Waals surface area contributed by atoms with E-state index in [4.69, 9.17) is 14.2 Å². The van der Waals surface area contributed by atoms with E-state index in [1.807, 2.05) is 0 Å². The number of benzene rings is 2. The number of ether oxygens (including phenoxy) is 3. The minimum atomic E-state index is -1.76. The Morgan fingerprint density at radius 1 is 0.926 bits per heavy atom. The maximum absolute atomic E-state index is 12.8. The lowest BCUT2D eigenvalue weighted by Gasteiger charge is -2.27. The highest BCUT2D eigenvalue weighted by molar-refractivity contribution is 5.99. The number of hydrogen-bond donors (Lipinski definition) is 1. The standard InChI is InChI=1S/C21H24O6/c1-4-27-20(24)21(19(22)23,13-15-7-5-9-17(11-15)25-2)14-16-8-6-10-18(12-16)26-3/h5-12H,4,13-14H2,1-3H3,(H,22,23). The number of rotatable bonds is 9. The average molecular weight is 372 g/mol. The van der Waals surface area contributed by atoms with Crippen molar-refractivity contribution in [3.05, 3.63) is 59.7 Å². The van der Waals surface area contributed by atoms with Crippen molar-refractivity contribution in [2.45, 2.75) is 19.8 Å². The van der Waals surface area contributed by atoms with Crippen molar-refractivity contribution in [2.75, 3.05) is 20.8 Å². The van der Waals surface area contributed by atoms with Gasteiger partial charge in [-0.1, -0.05) is 24.3 Å². The third-order valence-electron chi connectivity index (χ3n) is 4.36. The van der Waals surface area contributed by atoms with Crippen LogP contribution in [0.3, 0.4) is 0 Å². The third kappa shape index (κ3) is 4.78. The van der Waals surface area contributed by atoms with Gasteiger partial charge in [0.2, 0.25) is 0 Å². The Labute approximate surface area is 158 Å². The van der Waals surface area contributed by atoms with Gasteiger partial charge < -0.3 is 19.3 Å². The Kier molecular flexibility index (Phi) is 6.82. The fourth-order valence-corrected chi connectivity index (χ4v) is 2.98. The predicted octanol–water partition coefficient (Wildman–Crippen LogP) is 3.12. The van der Waals surface area contributed by atoms with Gasteiger partial charge >= 0.3 is 11.9 Å². The lowest BCUT2D eigenvalue weighted by atomic mass is 9.76. The van der Waals surface area contributed by atoms with E-state index in [-0.39, 0.29) is 19.4 Å². The van der Waals surface area contributed by atoms with E-state index >= 15 is 0 Å². The zero-order valence-electron chi connectivity index (χ0n) is 15.7. The van der Waals surface area contributed by atoms with Crippen molar-refractivity contribution in [2.24, 2.45) is 5.41 Å². The summed E-state index contributed by atoms with van der Waals surface area (Å²) in [6.45, 7) is 1.76. The first-order valence-electron chi connectivity index (χ1n) is 8.61. The van der Waals surface area contributed by atoms with Crippen molar-refractivity contribution >= 4 is 11.9 Å². The molecule has 0 amide bonds. The summed E-state index contributed by atoms with van der Waals surface area (Å²) in [4.78, 5) is 25.1. The molecule has 2 rings (SSSR count). The maximum atomic E-state index is 12.8. The Hall–Kier alpha value is -3.02. The molecule has 0 aliphatic carbocycles. The molecule has 27 heavy (non-hydrogen) atoms. The topological polar surface area (TPSA) is 82.1 Å². The van der Waals surface area contributed by atoms with Gasteiger partial charge in [0.15, 0.2) is 5.41 Å². The number of carboxylic acids is 1. The van der Waals surface area contributed by atoms with Crippen LogP contribution < -0.4 is 9.47 Å². The summed E-state index contributed by atoms with van der Waals surface area (Å²) in [5.74, 6) is -0.802. The van der Waals surface area contributed by atoms with Gasteiger partial charge in [0.1, 0.15) is 11.5 Å². The Bertz CT molecular complexity index is 749. The van der Waals surface area contributed by atoms with Crippen LogP contribution in [0.1, 0.15) is 18.1 Å². The van der Waals surface area contributed by atoms with Crippen molar-refractivity contribution in [3.63, 3.8) is 0 Å². The second kappa shape index (κ2) is 9.07. The SMILES string of the molecule is CCOC(=O)C(Cc1cccc(OC)c1)(Cc1cccc(OC)c1)C(=O)O. The largest absolute Gasteiger partial charge is 0.497 e. The van der Waals surface area contributed by atoms with E-state index in [1.165, 1.54) is 14.2 Å². The van der Waals surface area contributed by atoms with Crippen LogP contribution >= 0.6 is 0 Å². The molecule has 0 radical (unpaired) electrons. The molecule has 0 fully saturated rings. The molecule has 6 nitrogen and oxygen atoms in total. The predicted molar refractivity (Wildman–Crippen MR) is 100 cm³/mol. The highest BCUT2D eigenvalue weighted by Gasteiger charge is 2.48. The second-order valence-corrected chi connectivity index (χ2v) is 6.16. The average Bonchev–Trinajstić information content (AvgIpc) is 2.67. The molecule has 0 bridgehead atoms. The van der Waals surface area contributed by atoms with Gasteiger partial charge in [0, 0.05) is 0 Å². The molecule has 0 unspecified atom stereocenters. The van der Waals surface area contributed by atoms with Gasteiger partial charge in [-0.05, 0) is 55.2 Å². The Morgan fingerprint density at radius 2 is 1.41 bits per heavy atom. The van der Waals surface area contributed by atoms with Crippen LogP contribution in [-0.2, 0) is 27.2 Å². The van der Waals surface area contributed by atoms with E-state index in [9.17, 15) is 14.7 Å². The summed E-state index contributed by atoms with van der Waals surface area (Å²) < 4.78 is 15.6. The van der Waals surface area contributed by atoms with Crippen LogP contribution in [0.5, 0.6) is 11.5 Å². The molecular weight excluding hydrogens is 348 g/mol. The molecule has 0 atom stereocenters. The lowest BCUT2D eigenvalue weighted by molar-refractivity contribution is -0.168. The zero-order chi connectivity index (χ0) is 19.9. The normalized spacial score (nSPS) is 10.9. The Balaban J connectivity index is 2.47. The monoisotopic (exact) mass is 372 g/mol. The number of carboxylic acid groups (broad SMARTS) is 1. The van der Waals surface area contributed by atoms with E-state index in [0.717, 1.165) is 0 Å². The van der Waals surface area contributed by atoms with Gasteiger partial charge in [-0.3, -0.25) is 9.59 Å². The molecule has 0 spiro atoms. The molecule has 2 aromatic rings. The van der Waals surface area contributed by atoms with Crippen LogP contribution in [0.2, 0.25) is 0 Å². The number of aliphatic carboxylic acids is 1. The van der Waals surface area contributed by atoms with E-state index in [2.05, 4.69) is 0 Å². The van der Waals surface area contributed by atoms with Crippen LogP contribution in [0.25, 0.3) is 0 Å². The summed E-state index contributed by atoms with van der Waals surface area (Å²) in [6.07, 6.45) is -0.0366.